The standard InChI is InChI=1S/C16H34S/c1-8-15(17)14(10-12(3)4)16(7,9-2)11-13(5)6/h12-15,17H,8-11H2,1-7H3. The van der Waals surface area contributed by atoms with Crippen LogP contribution in [-0.4, -0.2) is 5.25 Å². The van der Waals surface area contributed by atoms with Crippen molar-refractivity contribution < 1.29 is 0 Å². The van der Waals surface area contributed by atoms with Crippen molar-refractivity contribution >= 4 is 12.6 Å². The second kappa shape index (κ2) is 7.71. The second-order valence-electron chi connectivity index (χ2n) is 6.82. The lowest BCUT2D eigenvalue weighted by Crippen LogP contribution is -2.35. The smallest absolute Gasteiger partial charge is 0.00477 e. The van der Waals surface area contributed by atoms with Gasteiger partial charge in [-0.1, -0.05) is 54.9 Å². The van der Waals surface area contributed by atoms with Crippen molar-refractivity contribution in [2.45, 2.75) is 79.4 Å². The minimum Gasteiger partial charge on any atom is -0.176 e. The van der Waals surface area contributed by atoms with Crippen LogP contribution in [0.5, 0.6) is 0 Å². The summed E-state index contributed by atoms with van der Waals surface area (Å²) in [7, 11) is 0. The van der Waals surface area contributed by atoms with Crippen LogP contribution in [0.1, 0.15) is 74.1 Å². The molecule has 17 heavy (non-hydrogen) atoms. The summed E-state index contributed by atoms with van der Waals surface area (Å²) in [5.74, 6) is 2.31. The molecule has 0 aliphatic carbocycles. The summed E-state index contributed by atoms with van der Waals surface area (Å²) in [4.78, 5) is 0. The van der Waals surface area contributed by atoms with Crippen LogP contribution in [0.4, 0.5) is 0 Å². The summed E-state index contributed by atoms with van der Waals surface area (Å²) in [5, 5.41) is 0.557. The fourth-order valence-electron chi connectivity index (χ4n) is 3.19. The third kappa shape index (κ3) is 5.68. The molecule has 0 aromatic carbocycles. The van der Waals surface area contributed by atoms with E-state index in [1.54, 1.807) is 0 Å². The SMILES string of the molecule is CCC(S)C(CC(C)C)C(C)(CC)CC(C)C. The Morgan fingerprint density at radius 3 is 1.82 bits per heavy atom. The van der Waals surface area contributed by atoms with Gasteiger partial charge in [0, 0.05) is 5.25 Å². The van der Waals surface area contributed by atoms with Gasteiger partial charge in [-0.05, 0) is 42.4 Å². The van der Waals surface area contributed by atoms with Gasteiger partial charge in [-0.25, -0.2) is 0 Å². The van der Waals surface area contributed by atoms with Gasteiger partial charge in [0.25, 0.3) is 0 Å². The molecule has 1 heteroatoms. The molecule has 0 saturated carbocycles. The van der Waals surface area contributed by atoms with Crippen LogP contribution in [0.3, 0.4) is 0 Å². The average molecular weight is 259 g/mol. The van der Waals surface area contributed by atoms with E-state index >= 15 is 0 Å². The Hall–Kier alpha value is 0.350. The Balaban J connectivity index is 4.94. The maximum atomic E-state index is 4.87. The van der Waals surface area contributed by atoms with Crippen LogP contribution >= 0.6 is 12.6 Å². The number of thiol groups is 1. The fourth-order valence-corrected chi connectivity index (χ4v) is 3.67. The molecule has 3 unspecified atom stereocenters. The minimum absolute atomic E-state index is 0.459. The molecule has 104 valence electrons. The van der Waals surface area contributed by atoms with Crippen LogP contribution in [0.2, 0.25) is 0 Å². The average Bonchev–Trinajstić information content (AvgIpc) is 2.23. The monoisotopic (exact) mass is 258 g/mol. The summed E-state index contributed by atoms with van der Waals surface area (Å²) >= 11 is 4.87. The highest BCUT2D eigenvalue weighted by molar-refractivity contribution is 7.81. The molecule has 3 atom stereocenters. The van der Waals surface area contributed by atoms with Crippen molar-refractivity contribution in [1.82, 2.24) is 0 Å². The highest BCUT2D eigenvalue weighted by Crippen LogP contribution is 2.44. The predicted molar refractivity (Wildman–Crippen MR) is 83.9 cm³/mol. The topological polar surface area (TPSA) is 0 Å². The molecule has 0 nitrogen and oxygen atoms in total. The Kier molecular flexibility index (Phi) is 7.87. The number of hydrogen-bond acceptors (Lipinski definition) is 1. The van der Waals surface area contributed by atoms with Crippen LogP contribution < -0.4 is 0 Å². The quantitative estimate of drug-likeness (QED) is 0.521. The first-order valence-corrected chi connectivity index (χ1v) is 7.96. The van der Waals surface area contributed by atoms with Crippen molar-refractivity contribution in [3.05, 3.63) is 0 Å². The van der Waals surface area contributed by atoms with Crippen molar-refractivity contribution in [2.75, 3.05) is 0 Å². The number of rotatable bonds is 8. The van der Waals surface area contributed by atoms with E-state index in [4.69, 9.17) is 12.6 Å². The normalized spacial score (nSPS) is 19.4. The lowest BCUT2D eigenvalue weighted by atomic mass is 9.65. The van der Waals surface area contributed by atoms with Crippen molar-refractivity contribution in [1.29, 1.82) is 0 Å². The van der Waals surface area contributed by atoms with Crippen LogP contribution in [0.15, 0.2) is 0 Å². The van der Waals surface area contributed by atoms with E-state index in [1.165, 1.54) is 25.7 Å². The maximum Gasteiger partial charge on any atom is 0.00477 e. The first kappa shape index (κ1) is 17.4. The molecule has 0 N–H and O–H groups in total. The van der Waals surface area contributed by atoms with E-state index in [-0.39, 0.29) is 0 Å². The van der Waals surface area contributed by atoms with Gasteiger partial charge in [0.2, 0.25) is 0 Å². The van der Waals surface area contributed by atoms with E-state index in [2.05, 4.69) is 48.5 Å². The lowest BCUT2D eigenvalue weighted by molar-refractivity contribution is 0.114. The van der Waals surface area contributed by atoms with E-state index in [1.807, 2.05) is 0 Å². The Morgan fingerprint density at radius 2 is 1.53 bits per heavy atom. The second-order valence-corrected chi connectivity index (χ2v) is 7.48. The fraction of sp³-hybridized carbons (Fsp3) is 1.00. The molecule has 0 aliphatic rings. The molecule has 0 radical (unpaired) electrons. The van der Waals surface area contributed by atoms with E-state index in [0.717, 1.165) is 17.8 Å². The first-order valence-electron chi connectivity index (χ1n) is 7.44. The third-order valence-corrected chi connectivity index (χ3v) is 4.91. The first-order chi connectivity index (χ1) is 7.76. The van der Waals surface area contributed by atoms with E-state index in [0.29, 0.717) is 10.7 Å². The van der Waals surface area contributed by atoms with Crippen LogP contribution in [0, 0.1) is 23.2 Å². The summed E-state index contributed by atoms with van der Waals surface area (Å²) < 4.78 is 0. The van der Waals surface area contributed by atoms with Crippen LogP contribution in [-0.2, 0) is 0 Å². The minimum atomic E-state index is 0.459. The van der Waals surface area contributed by atoms with Crippen LogP contribution in [0.25, 0.3) is 0 Å². The summed E-state index contributed by atoms with van der Waals surface area (Å²) in [6.07, 6.45) is 5.12. The van der Waals surface area contributed by atoms with Gasteiger partial charge < -0.3 is 0 Å². The zero-order chi connectivity index (χ0) is 13.6. The zero-order valence-corrected chi connectivity index (χ0v) is 14.0. The van der Waals surface area contributed by atoms with E-state index in [9.17, 15) is 0 Å². The van der Waals surface area contributed by atoms with E-state index < -0.39 is 0 Å². The van der Waals surface area contributed by atoms with Gasteiger partial charge in [-0.3, -0.25) is 0 Å². The van der Waals surface area contributed by atoms with Gasteiger partial charge in [0.05, 0.1) is 0 Å². The summed E-state index contributed by atoms with van der Waals surface area (Å²) in [5.41, 5.74) is 0.459. The van der Waals surface area contributed by atoms with Gasteiger partial charge in [0.1, 0.15) is 0 Å². The Labute approximate surface area is 115 Å². The lowest BCUT2D eigenvalue weighted by Gasteiger charge is -2.42. The van der Waals surface area contributed by atoms with Crippen molar-refractivity contribution in [3.8, 4) is 0 Å². The highest BCUT2D eigenvalue weighted by atomic mass is 32.1. The molecule has 0 bridgehead atoms. The molecule has 0 amide bonds. The molecule has 0 rings (SSSR count). The van der Waals surface area contributed by atoms with Gasteiger partial charge in [-0.2, -0.15) is 12.6 Å². The Bertz CT molecular complexity index is 198. The highest BCUT2D eigenvalue weighted by Gasteiger charge is 2.36. The maximum absolute atomic E-state index is 4.87. The van der Waals surface area contributed by atoms with Crippen molar-refractivity contribution in [3.63, 3.8) is 0 Å². The molecule has 0 aromatic heterocycles. The van der Waals surface area contributed by atoms with Gasteiger partial charge in [0.15, 0.2) is 0 Å². The summed E-state index contributed by atoms with van der Waals surface area (Å²) in [6, 6.07) is 0. The van der Waals surface area contributed by atoms with Crippen molar-refractivity contribution in [2.24, 2.45) is 23.2 Å². The summed E-state index contributed by atoms with van der Waals surface area (Å²) in [6.45, 7) is 16.5. The Morgan fingerprint density at radius 1 is 1.00 bits per heavy atom. The molecule has 0 fully saturated rings. The number of hydrogen-bond donors (Lipinski definition) is 1. The predicted octanol–water partition coefficient (Wildman–Crippen LogP) is 5.82. The zero-order valence-electron chi connectivity index (χ0n) is 13.1. The molecule has 0 aromatic rings. The molecular weight excluding hydrogens is 224 g/mol. The molecule has 0 spiro atoms. The van der Waals surface area contributed by atoms with Gasteiger partial charge in [-0.15, -0.1) is 0 Å². The van der Waals surface area contributed by atoms with Gasteiger partial charge >= 0.3 is 0 Å². The third-order valence-electron chi connectivity index (χ3n) is 4.19. The molecular formula is C16H34S. The molecule has 0 heterocycles. The largest absolute Gasteiger partial charge is 0.176 e. The molecule has 0 aliphatic heterocycles. The molecule has 0 saturated heterocycles.